The summed E-state index contributed by atoms with van der Waals surface area (Å²) in [5.41, 5.74) is 11.8. The van der Waals surface area contributed by atoms with Gasteiger partial charge in [0.15, 0.2) is 0 Å². The molecule has 0 amide bonds. The van der Waals surface area contributed by atoms with Gasteiger partial charge in [0.2, 0.25) is 5.05 Å². The van der Waals surface area contributed by atoms with Crippen molar-refractivity contribution < 1.29 is 9.53 Å². The Hall–Kier alpha value is -1.01. The molecule has 19 heavy (non-hydrogen) atoms. The molecule has 6 heteroatoms. The summed E-state index contributed by atoms with van der Waals surface area (Å²) in [7, 11) is 0. The largest absolute Gasteiger partial charge is 0.413 e. The van der Waals surface area contributed by atoms with Gasteiger partial charge in [-0.3, -0.25) is 0 Å². The molecule has 0 saturated heterocycles. The maximum Gasteiger partial charge on any atom is 0.329 e. The third-order valence-corrected chi connectivity index (χ3v) is 2.79. The van der Waals surface area contributed by atoms with Gasteiger partial charge in [0.25, 0.3) is 0 Å². The van der Waals surface area contributed by atoms with Crippen molar-refractivity contribution in [3.63, 3.8) is 0 Å². The summed E-state index contributed by atoms with van der Waals surface area (Å²) in [6, 6.07) is 8.46. The van der Waals surface area contributed by atoms with Crippen molar-refractivity contribution in [2.45, 2.75) is 25.3 Å². The van der Waals surface area contributed by atoms with Crippen molar-refractivity contribution in [2.75, 3.05) is 6.54 Å². The van der Waals surface area contributed by atoms with E-state index in [0.29, 0.717) is 18.5 Å². The molecule has 0 aromatic heterocycles. The molecule has 0 aliphatic heterocycles. The lowest BCUT2D eigenvalue weighted by molar-refractivity contribution is -0.136. The number of hydrogen-bond acceptors (Lipinski definition) is 5. The van der Waals surface area contributed by atoms with Crippen LogP contribution in [0.25, 0.3) is 0 Å². The summed E-state index contributed by atoms with van der Waals surface area (Å²) in [6.07, 6.45) is 2.22. The summed E-state index contributed by atoms with van der Waals surface area (Å²) in [4.78, 5) is 11.7. The molecule has 1 aromatic rings. The molecule has 0 radical (unpaired) electrons. The Kier molecular flexibility index (Phi) is 9.34. The molecule has 0 heterocycles. The highest BCUT2D eigenvalue weighted by molar-refractivity contribution is 7.80. The van der Waals surface area contributed by atoms with E-state index in [1.54, 1.807) is 12.1 Å². The van der Waals surface area contributed by atoms with Crippen LogP contribution in [0, 0.1) is 0 Å². The highest BCUT2D eigenvalue weighted by Crippen LogP contribution is 2.06. The lowest BCUT2D eigenvalue weighted by Crippen LogP contribution is -2.33. The van der Waals surface area contributed by atoms with E-state index < -0.39 is 12.0 Å². The van der Waals surface area contributed by atoms with E-state index in [4.69, 9.17) is 28.4 Å². The predicted octanol–water partition coefficient (Wildman–Crippen LogP) is 1.78. The van der Waals surface area contributed by atoms with Gasteiger partial charge in [0, 0.05) is 5.56 Å². The summed E-state index contributed by atoms with van der Waals surface area (Å²) < 4.78 is 5.07. The summed E-state index contributed by atoms with van der Waals surface area (Å²) in [5.74, 6) is -0.485. The molecule has 0 spiro atoms. The third-order valence-electron chi connectivity index (χ3n) is 2.47. The number of nitrogens with two attached hydrogens (primary N) is 2. The van der Waals surface area contributed by atoms with Crippen molar-refractivity contribution in [1.29, 1.82) is 0 Å². The minimum atomic E-state index is -0.641. The molecule has 1 rings (SSSR count). The zero-order valence-electron chi connectivity index (χ0n) is 10.6. The molecule has 0 aliphatic carbocycles. The minimum Gasteiger partial charge on any atom is -0.413 e. The number of ether oxygens (including phenoxy) is 1. The Morgan fingerprint density at radius 1 is 1.26 bits per heavy atom. The molecule has 0 bridgehead atoms. The predicted molar refractivity (Wildman–Crippen MR) is 82.4 cm³/mol. The number of halogens is 1. The molecule has 1 atom stereocenters. The second-order valence-corrected chi connectivity index (χ2v) is 4.34. The SMILES string of the molecule is Cl.NCCCCC(N)C(=O)OC(=S)c1ccccc1. The normalized spacial score (nSPS) is 11.3. The molecule has 1 unspecified atom stereocenters. The first kappa shape index (κ1) is 18.0. The second-order valence-electron chi connectivity index (χ2n) is 3.97. The van der Waals surface area contributed by atoms with E-state index in [-0.39, 0.29) is 17.5 Å². The van der Waals surface area contributed by atoms with Crippen molar-refractivity contribution >= 4 is 35.6 Å². The Morgan fingerprint density at radius 3 is 2.47 bits per heavy atom. The quantitative estimate of drug-likeness (QED) is 0.476. The number of hydrogen-bond donors (Lipinski definition) is 2. The maximum absolute atomic E-state index is 11.7. The van der Waals surface area contributed by atoms with E-state index >= 15 is 0 Å². The van der Waals surface area contributed by atoms with E-state index in [1.165, 1.54) is 0 Å². The first-order chi connectivity index (χ1) is 8.65. The molecule has 1 aromatic carbocycles. The van der Waals surface area contributed by atoms with Crippen LogP contribution in [-0.4, -0.2) is 23.6 Å². The van der Waals surface area contributed by atoms with Gasteiger partial charge in [0.05, 0.1) is 0 Å². The lowest BCUT2D eigenvalue weighted by atomic mass is 10.1. The molecule has 4 nitrogen and oxygen atoms in total. The van der Waals surface area contributed by atoms with Crippen LogP contribution in [0.4, 0.5) is 0 Å². The number of benzene rings is 1. The third kappa shape index (κ3) is 6.63. The van der Waals surface area contributed by atoms with Crippen molar-refractivity contribution in [1.82, 2.24) is 0 Å². The molecular formula is C13H19ClN2O2S. The Labute approximate surface area is 124 Å². The van der Waals surface area contributed by atoms with Crippen LogP contribution in [0.2, 0.25) is 0 Å². The van der Waals surface area contributed by atoms with Crippen LogP contribution in [0.3, 0.4) is 0 Å². The maximum atomic E-state index is 11.7. The van der Waals surface area contributed by atoms with E-state index in [0.717, 1.165) is 12.8 Å². The lowest BCUT2D eigenvalue weighted by Gasteiger charge is -2.11. The van der Waals surface area contributed by atoms with Crippen molar-refractivity contribution in [3.8, 4) is 0 Å². The number of carbonyl (C=O) groups excluding carboxylic acids is 1. The Morgan fingerprint density at radius 2 is 1.89 bits per heavy atom. The van der Waals surface area contributed by atoms with Gasteiger partial charge in [-0.15, -0.1) is 12.4 Å². The monoisotopic (exact) mass is 302 g/mol. The summed E-state index contributed by atoms with van der Waals surface area (Å²) in [6.45, 7) is 0.601. The van der Waals surface area contributed by atoms with Crippen LogP contribution in [0.15, 0.2) is 30.3 Å². The van der Waals surface area contributed by atoms with Gasteiger partial charge in [0.1, 0.15) is 6.04 Å². The highest BCUT2D eigenvalue weighted by Gasteiger charge is 2.17. The average molecular weight is 303 g/mol. The standard InChI is InChI=1S/C13H18N2O2S.ClH/c14-9-5-4-8-11(15)12(16)17-13(18)10-6-2-1-3-7-10;/h1-3,6-7,11H,4-5,8-9,14-15H2;1H. The molecular weight excluding hydrogens is 284 g/mol. The average Bonchev–Trinajstić information content (AvgIpc) is 2.39. The fourth-order valence-electron chi connectivity index (χ4n) is 1.43. The van der Waals surface area contributed by atoms with Gasteiger partial charge in [-0.25, -0.2) is 4.79 Å². The zero-order valence-corrected chi connectivity index (χ0v) is 12.2. The molecule has 0 saturated carbocycles. The second kappa shape index (κ2) is 9.86. The minimum absolute atomic E-state index is 0. The zero-order chi connectivity index (χ0) is 13.4. The number of unbranched alkanes of at least 4 members (excludes halogenated alkanes) is 1. The number of carbonyl (C=O) groups is 1. The summed E-state index contributed by atoms with van der Waals surface area (Å²) >= 11 is 5.03. The van der Waals surface area contributed by atoms with Crippen molar-refractivity contribution in [3.05, 3.63) is 35.9 Å². The van der Waals surface area contributed by atoms with E-state index in [1.807, 2.05) is 18.2 Å². The smallest absolute Gasteiger partial charge is 0.329 e. The Balaban J connectivity index is 0.00000324. The fraction of sp³-hybridized carbons (Fsp3) is 0.385. The fourth-order valence-corrected chi connectivity index (χ4v) is 1.64. The van der Waals surface area contributed by atoms with E-state index in [2.05, 4.69) is 0 Å². The molecule has 0 fully saturated rings. The molecule has 4 N–H and O–H groups in total. The highest BCUT2D eigenvalue weighted by atomic mass is 35.5. The van der Waals surface area contributed by atoms with Gasteiger partial charge < -0.3 is 16.2 Å². The Bertz CT molecular complexity index is 401. The van der Waals surface area contributed by atoms with Crippen molar-refractivity contribution in [2.24, 2.45) is 11.5 Å². The van der Waals surface area contributed by atoms with Crippen LogP contribution in [0.1, 0.15) is 24.8 Å². The molecule has 0 aliphatic rings. The van der Waals surface area contributed by atoms with Gasteiger partial charge in [-0.2, -0.15) is 0 Å². The van der Waals surface area contributed by atoms with Gasteiger partial charge in [-0.1, -0.05) is 36.8 Å². The first-order valence-electron chi connectivity index (χ1n) is 5.92. The first-order valence-corrected chi connectivity index (χ1v) is 6.32. The summed E-state index contributed by atoms with van der Waals surface area (Å²) in [5, 5.41) is 0.162. The van der Waals surface area contributed by atoms with E-state index in [9.17, 15) is 4.79 Å². The number of esters is 1. The molecule has 106 valence electrons. The number of thiocarbonyl (C=S) groups is 1. The number of rotatable bonds is 6. The van der Waals surface area contributed by atoms with Gasteiger partial charge in [-0.05, 0) is 31.6 Å². The van der Waals surface area contributed by atoms with Crippen LogP contribution in [-0.2, 0) is 9.53 Å². The topological polar surface area (TPSA) is 78.3 Å². The van der Waals surface area contributed by atoms with Crippen LogP contribution >= 0.6 is 24.6 Å². The van der Waals surface area contributed by atoms with Crippen LogP contribution < -0.4 is 11.5 Å². The van der Waals surface area contributed by atoms with Gasteiger partial charge >= 0.3 is 5.97 Å². The van der Waals surface area contributed by atoms with Crippen LogP contribution in [0.5, 0.6) is 0 Å².